The minimum Gasteiger partial charge on any atom is -0.495 e. The monoisotopic (exact) mass is 361 g/mol. The van der Waals surface area contributed by atoms with Gasteiger partial charge in [0.15, 0.2) is 5.82 Å². The first kappa shape index (κ1) is 16.3. The van der Waals surface area contributed by atoms with Gasteiger partial charge in [0.1, 0.15) is 5.75 Å². The van der Waals surface area contributed by atoms with Crippen molar-refractivity contribution in [1.29, 1.82) is 0 Å². The van der Waals surface area contributed by atoms with Crippen LogP contribution in [0.5, 0.6) is 5.75 Å². The molecule has 0 aliphatic carbocycles. The zero-order valence-corrected chi connectivity index (χ0v) is 14.1. The smallest absolute Gasteiger partial charge is 0.249 e. The number of ether oxygens (including phenoxy) is 1. The molecule has 122 valence electrons. The zero-order valence-electron chi connectivity index (χ0n) is 12.6. The van der Waals surface area contributed by atoms with E-state index >= 15 is 0 Å². The molecule has 1 aromatic heterocycles. The number of halogens is 2. The first-order valence-electron chi connectivity index (χ1n) is 6.97. The van der Waals surface area contributed by atoms with E-state index in [0.29, 0.717) is 27.6 Å². The summed E-state index contributed by atoms with van der Waals surface area (Å²) in [6.45, 7) is 0. The van der Waals surface area contributed by atoms with Gasteiger partial charge in [-0.3, -0.25) is 0 Å². The van der Waals surface area contributed by atoms with Gasteiger partial charge < -0.3 is 15.4 Å². The van der Waals surface area contributed by atoms with Crippen LogP contribution >= 0.6 is 23.2 Å². The second-order valence-electron chi connectivity index (χ2n) is 4.74. The van der Waals surface area contributed by atoms with Gasteiger partial charge in [-0.05, 0) is 30.3 Å². The topological polar surface area (TPSA) is 72.0 Å². The van der Waals surface area contributed by atoms with E-state index in [4.69, 9.17) is 27.9 Å². The Morgan fingerprint density at radius 1 is 1.00 bits per heavy atom. The minimum atomic E-state index is 0.338. The third kappa shape index (κ3) is 3.84. The Bertz CT molecular complexity index is 859. The summed E-state index contributed by atoms with van der Waals surface area (Å²) in [7, 11) is 1.60. The van der Waals surface area contributed by atoms with Crippen molar-refractivity contribution < 1.29 is 4.74 Å². The molecular weight excluding hydrogens is 349 g/mol. The third-order valence-corrected chi connectivity index (χ3v) is 3.84. The molecule has 0 aliphatic heterocycles. The number of para-hydroxylation sites is 2. The number of rotatable bonds is 5. The van der Waals surface area contributed by atoms with Gasteiger partial charge in [0, 0.05) is 5.69 Å². The number of aromatic nitrogens is 3. The molecule has 6 nitrogen and oxygen atoms in total. The lowest BCUT2D eigenvalue weighted by Crippen LogP contribution is -2.03. The van der Waals surface area contributed by atoms with Gasteiger partial charge in [-0.2, -0.15) is 10.1 Å². The lowest BCUT2D eigenvalue weighted by Gasteiger charge is -2.10. The number of anilines is 4. The van der Waals surface area contributed by atoms with E-state index in [-0.39, 0.29) is 0 Å². The summed E-state index contributed by atoms with van der Waals surface area (Å²) < 4.78 is 5.29. The Morgan fingerprint density at radius 3 is 2.62 bits per heavy atom. The fourth-order valence-corrected chi connectivity index (χ4v) is 2.30. The van der Waals surface area contributed by atoms with E-state index in [9.17, 15) is 0 Å². The Morgan fingerprint density at radius 2 is 1.83 bits per heavy atom. The molecule has 0 radical (unpaired) electrons. The van der Waals surface area contributed by atoms with Crippen molar-refractivity contribution in [2.45, 2.75) is 0 Å². The molecule has 1 heterocycles. The highest BCUT2D eigenvalue weighted by atomic mass is 35.5. The average molecular weight is 362 g/mol. The van der Waals surface area contributed by atoms with Crippen molar-refractivity contribution in [3.63, 3.8) is 0 Å². The van der Waals surface area contributed by atoms with Crippen LogP contribution in [-0.2, 0) is 0 Å². The predicted octanol–water partition coefficient (Wildman–Crippen LogP) is 4.67. The molecule has 0 amide bonds. The van der Waals surface area contributed by atoms with Crippen LogP contribution in [0.25, 0.3) is 0 Å². The van der Waals surface area contributed by atoms with Crippen molar-refractivity contribution in [1.82, 2.24) is 15.2 Å². The summed E-state index contributed by atoms with van der Waals surface area (Å²) in [5, 5.41) is 15.0. The summed E-state index contributed by atoms with van der Waals surface area (Å²) in [5.74, 6) is 1.54. The van der Waals surface area contributed by atoms with Crippen molar-refractivity contribution >= 4 is 46.3 Å². The molecule has 3 rings (SSSR count). The van der Waals surface area contributed by atoms with Crippen molar-refractivity contribution in [2.75, 3.05) is 17.7 Å². The molecule has 2 N–H and O–H groups in total. The van der Waals surface area contributed by atoms with Crippen LogP contribution < -0.4 is 15.4 Å². The van der Waals surface area contributed by atoms with Crippen LogP contribution in [0.2, 0.25) is 10.0 Å². The van der Waals surface area contributed by atoms with Crippen molar-refractivity contribution in [3.8, 4) is 5.75 Å². The number of nitrogens with one attached hydrogen (secondary N) is 2. The number of nitrogens with zero attached hydrogens (tertiary/aromatic N) is 3. The molecule has 0 atom stereocenters. The van der Waals surface area contributed by atoms with E-state index in [1.807, 2.05) is 24.3 Å². The summed E-state index contributed by atoms with van der Waals surface area (Å²) in [4.78, 5) is 4.36. The third-order valence-electron chi connectivity index (χ3n) is 3.10. The van der Waals surface area contributed by atoms with Crippen LogP contribution in [0.3, 0.4) is 0 Å². The Hall–Kier alpha value is -2.57. The fraction of sp³-hybridized carbons (Fsp3) is 0.0625. The quantitative estimate of drug-likeness (QED) is 0.687. The first-order valence-corrected chi connectivity index (χ1v) is 7.73. The van der Waals surface area contributed by atoms with Crippen LogP contribution in [-0.4, -0.2) is 22.3 Å². The Labute approximate surface area is 148 Å². The minimum absolute atomic E-state index is 0.338. The van der Waals surface area contributed by atoms with Gasteiger partial charge in [0.25, 0.3) is 0 Å². The second kappa shape index (κ2) is 7.33. The standard InChI is InChI=1S/C16H13Cl2N5O/c1-24-14-5-3-2-4-13(14)21-16-22-15(9-19-23-16)20-10-6-7-11(17)12(18)8-10/h2-9H,1H3,(H2,20,21,22,23). The summed E-state index contributed by atoms with van der Waals surface area (Å²) in [6, 6.07) is 12.7. The predicted molar refractivity (Wildman–Crippen MR) is 95.8 cm³/mol. The maximum Gasteiger partial charge on any atom is 0.249 e. The molecule has 0 saturated heterocycles. The van der Waals surface area contributed by atoms with E-state index in [0.717, 1.165) is 11.4 Å². The lowest BCUT2D eigenvalue weighted by atomic mass is 10.3. The number of methoxy groups -OCH3 is 1. The maximum atomic E-state index is 6.01. The van der Waals surface area contributed by atoms with E-state index in [1.165, 1.54) is 6.20 Å². The molecule has 0 unspecified atom stereocenters. The Balaban J connectivity index is 1.80. The normalized spacial score (nSPS) is 10.3. The largest absolute Gasteiger partial charge is 0.495 e. The molecule has 2 aromatic carbocycles. The Kier molecular flexibility index (Phi) is 4.98. The molecule has 0 fully saturated rings. The zero-order chi connectivity index (χ0) is 16.9. The van der Waals surface area contributed by atoms with Crippen LogP contribution in [0.1, 0.15) is 0 Å². The molecule has 24 heavy (non-hydrogen) atoms. The molecule has 3 aromatic rings. The highest BCUT2D eigenvalue weighted by Crippen LogP contribution is 2.28. The van der Waals surface area contributed by atoms with Gasteiger partial charge in [0.05, 0.1) is 29.0 Å². The fourth-order valence-electron chi connectivity index (χ4n) is 2.01. The van der Waals surface area contributed by atoms with Crippen molar-refractivity contribution in [2.24, 2.45) is 0 Å². The lowest BCUT2D eigenvalue weighted by molar-refractivity contribution is 0.417. The molecule has 0 saturated carbocycles. The van der Waals surface area contributed by atoms with Crippen LogP contribution in [0.15, 0.2) is 48.7 Å². The SMILES string of the molecule is COc1ccccc1Nc1nncc(Nc2ccc(Cl)c(Cl)c2)n1. The molecule has 8 heteroatoms. The summed E-state index contributed by atoms with van der Waals surface area (Å²) in [6.07, 6.45) is 1.51. The first-order chi connectivity index (χ1) is 11.7. The van der Waals surface area contributed by atoms with Gasteiger partial charge in [-0.1, -0.05) is 35.3 Å². The summed E-state index contributed by atoms with van der Waals surface area (Å²) >= 11 is 11.9. The van der Waals surface area contributed by atoms with Crippen LogP contribution in [0.4, 0.5) is 23.1 Å². The molecule has 0 bridgehead atoms. The highest BCUT2D eigenvalue weighted by molar-refractivity contribution is 6.42. The molecular formula is C16H13Cl2N5O. The van der Waals surface area contributed by atoms with E-state index in [2.05, 4.69) is 25.8 Å². The van der Waals surface area contributed by atoms with Crippen molar-refractivity contribution in [3.05, 3.63) is 58.7 Å². The molecule has 0 aliphatic rings. The van der Waals surface area contributed by atoms with Gasteiger partial charge in [-0.15, -0.1) is 5.10 Å². The molecule has 0 spiro atoms. The van der Waals surface area contributed by atoms with E-state index < -0.39 is 0 Å². The number of hydrogen-bond acceptors (Lipinski definition) is 6. The van der Waals surface area contributed by atoms with Crippen LogP contribution in [0, 0.1) is 0 Å². The van der Waals surface area contributed by atoms with Gasteiger partial charge >= 0.3 is 0 Å². The van der Waals surface area contributed by atoms with Gasteiger partial charge in [-0.25, -0.2) is 0 Å². The maximum absolute atomic E-state index is 6.01. The van der Waals surface area contributed by atoms with E-state index in [1.54, 1.807) is 25.3 Å². The average Bonchev–Trinajstić information content (AvgIpc) is 2.59. The summed E-state index contributed by atoms with van der Waals surface area (Å²) in [5.41, 5.74) is 1.49. The number of hydrogen-bond donors (Lipinski definition) is 2. The van der Waals surface area contributed by atoms with Gasteiger partial charge in [0.2, 0.25) is 5.95 Å². The second-order valence-corrected chi connectivity index (χ2v) is 5.56. The highest BCUT2D eigenvalue weighted by Gasteiger charge is 2.06. The number of benzene rings is 2.